The van der Waals surface area contributed by atoms with Crippen molar-refractivity contribution in [2.24, 2.45) is 0 Å². The summed E-state index contributed by atoms with van der Waals surface area (Å²) in [4.78, 5) is 24.9. The molecule has 0 aliphatic carbocycles. The second-order valence-electron chi connectivity index (χ2n) is 7.09. The predicted molar refractivity (Wildman–Crippen MR) is 105 cm³/mol. The monoisotopic (exact) mass is 389 g/mol. The van der Waals surface area contributed by atoms with Crippen molar-refractivity contribution in [3.05, 3.63) is 70.7 Å². The molecule has 0 aliphatic heterocycles. The van der Waals surface area contributed by atoms with E-state index >= 15 is 0 Å². The Kier molecular flexibility index (Phi) is 6.86. The van der Waals surface area contributed by atoms with E-state index in [4.69, 9.17) is 21.1 Å². The molecular formula is C21H24ClNO4. The van der Waals surface area contributed by atoms with Gasteiger partial charge in [-0.05, 0) is 44.0 Å². The van der Waals surface area contributed by atoms with Gasteiger partial charge in [-0.25, -0.2) is 9.59 Å². The summed E-state index contributed by atoms with van der Waals surface area (Å²) in [6.07, 6.45) is -0.687. The van der Waals surface area contributed by atoms with Crippen LogP contribution in [0.3, 0.4) is 0 Å². The fourth-order valence-corrected chi connectivity index (χ4v) is 2.87. The molecule has 0 aliphatic rings. The molecule has 0 spiro atoms. The van der Waals surface area contributed by atoms with Gasteiger partial charge in [0, 0.05) is 10.9 Å². The number of alkyl carbamates (subject to hydrolysis) is 1. The van der Waals surface area contributed by atoms with Crippen molar-refractivity contribution < 1.29 is 19.1 Å². The highest BCUT2D eigenvalue weighted by atomic mass is 35.5. The Hall–Kier alpha value is -2.53. The smallest absolute Gasteiger partial charge is 0.408 e. The van der Waals surface area contributed by atoms with E-state index in [9.17, 15) is 9.59 Å². The number of halogens is 1. The molecule has 0 unspecified atom stereocenters. The first kappa shape index (κ1) is 20.8. The van der Waals surface area contributed by atoms with Crippen LogP contribution in [0, 0.1) is 0 Å². The van der Waals surface area contributed by atoms with E-state index in [1.54, 1.807) is 32.9 Å². The molecule has 2 aromatic rings. The number of hydrogen-bond acceptors (Lipinski definition) is 4. The zero-order valence-electron chi connectivity index (χ0n) is 15.9. The molecule has 0 radical (unpaired) electrons. The predicted octanol–water partition coefficient (Wildman–Crippen LogP) is 4.54. The Labute approximate surface area is 164 Å². The number of carbonyl (C=O) groups is 2. The molecule has 6 heteroatoms. The normalized spacial score (nSPS) is 13.4. The molecule has 0 aromatic heterocycles. The highest BCUT2D eigenvalue weighted by Crippen LogP contribution is 2.30. The summed E-state index contributed by atoms with van der Waals surface area (Å²) in [6, 6.07) is 15.6. The van der Waals surface area contributed by atoms with Gasteiger partial charge in [0.2, 0.25) is 0 Å². The number of hydrogen-bond donors (Lipinski definition) is 1. The summed E-state index contributed by atoms with van der Waals surface area (Å²) in [6.45, 7) is 5.27. The molecule has 2 aromatic carbocycles. The standard InChI is InChI=1S/C21H24ClNO4/c1-21(2,3)27-20(25)23-18(19(24)26-4)17(14-8-6-5-7-9-14)15-10-12-16(22)13-11-15/h5-13,17-18H,1-4H3,(H,23,25)/t17-,18+/m1/s1. The average molecular weight is 390 g/mol. The van der Waals surface area contributed by atoms with Crippen LogP contribution in [0.25, 0.3) is 0 Å². The molecule has 0 heterocycles. The molecule has 27 heavy (non-hydrogen) atoms. The fourth-order valence-electron chi connectivity index (χ4n) is 2.75. The number of benzene rings is 2. The van der Waals surface area contributed by atoms with Gasteiger partial charge in [-0.2, -0.15) is 0 Å². The van der Waals surface area contributed by atoms with Crippen molar-refractivity contribution in [1.82, 2.24) is 5.32 Å². The Morgan fingerprint density at radius 2 is 1.52 bits per heavy atom. The third kappa shape index (κ3) is 6.00. The van der Waals surface area contributed by atoms with Gasteiger partial charge in [0.1, 0.15) is 11.6 Å². The van der Waals surface area contributed by atoms with E-state index in [1.807, 2.05) is 42.5 Å². The zero-order chi connectivity index (χ0) is 20.0. The number of rotatable bonds is 5. The summed E-state index contributed by atoms with van der Waals surface area (Å²) < 4.78 is 10.3. The van der Waals surface area contributed by atoms with Crippen LogP contribution in [0.4, 0.5) is 4.79 Å². The minimum atomic E-state index is -0.964. The van der Waals surface area contributed by atoms with Gasteiger partial charge in [-0.3, -0.25) is 0 Å². The van der Waals surface area contributed by atoms with E-state index in [-0.39, 0.29) is 0 Å². The number of amides is 1. The molecule has 0 saturated heterocycles. The topological polar surface area (TPSA) is 64.6 Å². The van der Waals surface area contributed by atoms with E-state index in [0.29, 0.717) is 5.02 Å². The van der Waals surface area contributed by atoms with Gasteiger partial charge < -0.3 is 14.8 Å². The minimum absolute atomic E-state index is 0.469. The Morgan fingerprint density at radius 3 is 2.04 bits per heavy atom. The number of esters is 1. The summed E-state index contributed by atoms with van der Waals surface area (Å²) in [5.74, 6) is -1.03. The molecule has 1 amide bonds. The van der Waals surface area contributed by atoms with Crippen LogP contribution in [-0.4, -0.2) is 30.8 Å². The molecule has 2 rings (SSSR count). The lowest BCUT2D eigenvalue weighted by Crippen LogP contribution is -2.47. The van der Waals surface area contributed by atoms with Gasteiger partial charge >= 0.3 is 12.1 Å². The highest BCUT2D eigenvalue weighted by Gasteiger charge is 2.34. The molecule has 0 fully saturated rings. The van der Waals surface area contributed by atoms with Crippen LogP contribution in [0.15, 0.2) is 54.6 Å². The Balaban J connectivity index is 2.45. The number of carbonyl (C=O) groups excluding carboxylic acids is 2. The molecule has 144 valence electrons. The van der Waals surface area contributed by atoms with Crippen LogP contribution >= 0.6 is 11.6 Å². The third-order valence-corrected chi connectivity index (χ3v) is 4.10. The first-order chi connectivity index (χ1) is 12.7. The van der Waals surface area contributed by atoms with Crippen LogP contribution in [0.1, 0.15) is 37.8 Å². The van der Waals surface area contributed by atoms with Crippen molar-refractivity contribution in [2.45, 2.75) is 38.3 Å². The zero-order valence-corrected chi connectivity index (χ0v) is 16.6. The summed E-state index contributed by atoms with van der Waals surface area (Å²) >= 11 is 6.01. The van der Waals surface area contributed by atoms with E-state index in [2.05, 4.69) is 5.32 Å². The molecule has 0 saturated carbocycles. The lowest BCUT2D eigenvalue weighted by Gasteiger charge is -2.28. The third-order valence-electron chi connectivity index (χ3n) is 3.85. The van der Waals surface area contributed by atoms with Crippen LogP contribution < -0.4 is 5.32 Å². The molecule has 0 bridgehead atoms. The van der Waals surface area contributed by atoms with Crippen molar-refractivity contribution in [1.29, 1.82) is 0 Å². The number of nitrogens with one attached hydrogen (secondary N) is 1. The van der Waals surface area contributed by atoms with Crippen molar-refractivity contribution in [2.75, 3.05) is 7.11 Å². The summed E-state index contributed by atoms with van der Waals surface area (Å²) in [5.41, 5.74) is 0.983. The summed E-state index contributed by atoms with van der Waals surface area (Å²) in [5, 5.41) is 3.25. The lowest BCUT2D eigenvalue weighted by molar-refractivity contribution is -0.143. The van der Waals surface area contributed by atoms with Crippen molar-refractivity contribution in [3.63, 3.8) is 0 Å². The minimum Gasteiger partial charge on any atom is -0.467 e. The molecular weight excluding hydrogens is 366 g/mol. The second kappa shape index (κ2) is 8.91. The maximum atomic E-state index is 12.5. The Bertz CT molecular complexity index is 769. The molecule has 1 N–H and O–H groups in total. The van der Waals surface area contributed by atoms with E-state index in [0.717, 1.165) is 11.1 Å². The van der Waals surface area contributed by atoms with Crippen LogP contribution in [-0.2, 0) is 14.3 Å². The van der Waals surface area contributed by atoms with Crippen LogP contribution in [0.2, 0.25) is 5.02 Å². The van der Waals surface area contributed by atoms with Gasteiger partial charge in [-0.15, -0.1) is 0 Å². The van der Waals surface area contributed by atoms with Gasteiger partial charge in [0.25, 0.3) is 0 Å². The SMILES string of the molecule is COC(=O)[C@@H](NC(=O)OC(C)(C)C)[C@H](c1ccccc1)c1ccc(Cl)cc1. The molecule has 2 atom stereocenters. The van der Waals surface area contributed by atoms with Crippen molar-refractivity contribution in [3.8, 4) is 0 Å². The largest absolute Gasteiger partial charge is 0.467 e. The molecule has 5 nitrogen and oxygen atoms in total. The van der Waals surface area contributed by atoms with Gasteiger partial charge in [-0.1, -0.05) is 54.1 Å². The van der Waals surface area contributed by atoms with Gasteiger partial charge in [0.15, 0.2) is 0 Å². The van der Waals surface area contributed by atoms with Crippen molar-refractivity contribution >= 4 is 23.7 Å². The van der Waals surface area contributed by atoms with E-state index in [1.165, 1.54) is 7.11 Å². The first-order valence-corrected chi connectivity index (χ1v) is 8.97. The number of methoxy groups -OCH3 is 1. The quantitative estimate of drug-likeness (QED) is 0.762. The second-order valence-corrected chi connectivity index (χ2v) is 7.52. The van der Waals surface area contributed by atoms with E-state index < -0.39 is 29.6 Å². The van der Waals surface area contributed by atoms with Gasteiger partial charge in [0.05, 0.1) is 7.11 Å². The highest BCUT2D eigenvalue weighted by molar-refractivity contribution is 6.30. The van der Waals surface area contributed by atoms with Crippen LogP contribution in [0.5, 0.6) is 0 Å². The maximum absolute atomic E-state index is 12.5. The average Bonchev–Trinajstić information content (AvgIpc) is 2.61. The Morgan fingerprint density at radius 1 is 0.963 bits per heavy atom. The summed E-state index contributed by atoms with van der Waals surface area (Å²) in [7, 11) is 1.29. The lowest BCUT2D eigenvalue weighted by atomic mass is 9.85. The fraction of sp³-hybridized carbons (Fsp3) is 0.333. The number of ether oxygens (including phenoxy) is 2. The maximum Gasteiger partial charge on any atom is 0.408 e. The first-order valence-electron chi connectivity index (χ1n) is 8.59.